The molecule has 4 heteroatoms. The molecule has 122 valence electrons. The lowest BCUT2D eigenvalue weighted by Gasteiger charge is -2.13. The molecule has 24 heavy (non-hydrogen) atoms. The maximum atomic E-state index is 11.2. The van der Waals surface area contributed by atoms with Crippen LogP contribution >= 0.6 is 0 Å². The predicted molar refractivity (Wildman–Crippen MR) is 98.8 cm³/mol. The number of fused-ring (bicyclic) bond motifs is 1. The molecule has 0 aliphatic carbocycles. The maximum absolute atomic E-state index is 11.2. The molecule has 4 nitrogen and oxygen atoms in total. The Hall–Kier alpha value is -2.88. The highest BCUT2D eigenvalue weighted by atomic mass is 16.6. The number of hydrogen-bond donors (Lipinski definition) is 0. The Balaban J connectivity index is 1.85. The van der Waals surface area contributed by atoms with Crippen LogP contribution < -0.4 is 4.90 Å². The van der Waals surface area contributed by atoms with Gasteiger partial charge in [-0.3, -0.25) is 10.1 Å². The van der Waals surface area contributed by atoms with E-state index in [1.165, 1.54) is 11.3 Å². The second-order valence-electron chi connectivity index (χ2n) is 6.11. The second-order valence-corrected chi connectivity index (χ2v) is 6.11. The Morgan fingerprint density at radius 1 is 0.875 bits per heavy atom. The molecule has 0 fully saturated rings. The zero-order valence-corrected chi connectivity index (χ0v) is 13.9. The van der Waals surface area contributed by atoms with Crippen LogP contribution in [0.5, 0.6) is 0 Å². The van der Waals surface area contributed by atoms with E-state index >= 15 is 0 Å². The largest absolute Gasteiger partial charge is 0.378 e. The SMILES string of the molecule is CN(C)c1ccc(CCc2ccc([N+](=O)[O-])c3ccccc23)cc1. The van der Waals surface area contributed by atoms with Crippen LogP contribution in [0.4, 0.5) is 11.4 Å². The number of nitrogens with zero attached hydrogens (tertiary/aromatic N) is 2. The predicted octanol–water partition coefficient (Wildman–Crippen LogP) is 4.60. The molecule has 0 amide bonds. The fraction of sp³-hybridized carbons (Fsp3) is 0.200. The van der Waals surface area contributed by atoms with Crippen LogP contribution in [-0.2, 0) is 12.8 Å². The molecule has 0 bridgehead atoms. The summed E-state index contributed by atoms with van der Waals surface area (Å²) in [5.74, 6) is 0. The van der Waals surface area contributed by atoms with Crippen molar-refractivity contribution in [3.63, 3.8) is 0 Å². The number of nitro groups is 1. The van der Waals surface area contributed by atoms with Crippen molar-refractivity contribution < 1.29 is 4.92 Å². The van der Waals surface area contributed by atoms with E-state index in [1.807, 2.05) is 44.4 Å². The fourth-order valence-corrected chi connectivity index (χ4v) is 2.96. The lowest BCUT2D eigenvalue weighted by Crippen LogP contribution is -2.08. The van der Waals surface area contributed by atoms with Gasteiger partial charge >= 0.3 is 0 Å². The number of anilines is 1. The Morgan fingerprint density at radius 3 is 2.17 bits per heavy atom. The fourth-order valence-electron chi connectivity index (χ4n) is 2.96. The highest BCUT2D eigenvalue weighted by Crippen LogP contribution is 2.29. The standard InChI is InChI=1S/C20H20N2O2/c1-21(2)17-12-8-15(9-13-17)7-10-16-11-14-20(22(23)24)19-6-4-3-5-18(16)19/h3-6,8-9,11-14H,7,10H2,1-2H3. The molecule has 0 spiro atoms. The Kier molecular flexibility index (Phi) is 4.47. The molecular formula is C20H20N2O2. The lowest BCUT2D eigenvalue weighted by molar-refractivity contribution is -0.383. The van der Waals surface area contributed by atoms with Crippen molar-refractivity contribution in [2.75, 3.05) is 19.0 Å². The normalized spacial score (nSPS) is 10.8. The summed E-state index contributed by atoms with van der Waals surface area (Å²) in [6.07, 6.45) is 1.77. The number of nitro benzene ring substituents is 1. The summed E-state index contributed by atoms with van der Waals surface area (Å²) < 4.78 is 0. The van der Waals surface area contributed by atoms with Gasteiger partial charge in [-0.05, 0) is 47.6 Å². The lowest BCUT2D eigenvalue weighted by atomic mass is 9.97. The van der Waals surface area contributed by atoms with Gasteiger partial charge < -0.3 is 4.90 Å². The van der Waals surface area contributed by atoms with Crippen LogP contribution in [0.1, 0.15) is 11.1 Å². The van der Waals surface area contributed by atoms with Crippen LogP contribution in [0.3, 0.4) is 0 Å². The molecule has 0 heterocycles. The van der Waals surface area contributed by atoms with Gasteiger partial charge in [-0.25, -0.2) is 0 Å². The van der Waals surface area contributed by atoms with Crippen LogP contribution in [0.15, 0.2) is 60.7 Å². The van der Waals surface area contributed by atoms with Gasteiger partial charge in [0.15, 0.2) is 0 Å². The van der Waals surface area contributed by atoms with Gasteiger partial charge in [0, 0.05) is 25.8 Å². The number of aryl methyl sites for hydroxylation is 2. The van der Waals surface area contributed by atoms with Crippen molar-refractivity contribution in [2.45, 2.75) is 12.8 Å². The highest BCUT2D eigenvalue weighted by Gasteiger charge is 2.13. The molecule has 0 aliphatic heterocycles. The van der Waals surface area contributed by atoms with Crippen molar-refractivity contribution in [1.82, 2.24) is 0 Å². The van der Waals surface area contributed by atoms with E-state index in [2.05, 4.69) is 29.2 Å². The molecule has 0 aromatic heterocycles. The van der Waals surface area contributed by atoms with Crippen LogP contribution in [-0.4, -0.2) is 19.0 Å². The van der Waals surface area contributed by atoms with Gasteiger partial charge in [-0.2, -0.15) is 0 Å². The van der Waals surface area contributed by atoms with Crippen LogP contribution in [0.2, 0.25) is 0 Å². The van der Waals surface area contributed by atoms with Gasteiger partial charge in [0.2, 0.25) is 0 Å². The third-order valence-corrected chi connectivity index (χ3v) is 4.32. The minimum absolute atomic E-state index is 0.171. The summed E-state index contributed by atoms with van der Waals surface area (Å²) in [7, 11) is 4.05. The van der Waals surface area contributed by atoms with Crippen LogP contribution in [0, 0.1) is 10.1 Å². The Morgan fingerprint density at radius 2 is 1.54 bits per heavy atom. The quantitative estimate of drug-likeness (QED) is 0.510. The summed E-state index contributed by atoms with van der Waals surface area (Å²) in [5, 5.41) is 12.9. The van der Waals surface area contributed by atoms with E-state index in [1.54, 1.807) is 6.07 Å². The second kappa shape index (κ2) is 6.71. The monoisotopic (exact) mass is 320 g/mol. The smallest absolute Gasteiger partial charge is 0.277 e. The van der Waals surface area contributed by atoms with Gasteiger partial charge in [0.05, 0.1) is 10.3 Å². The summed E-state index contributed by atoms with van der Waals surface area (Å²) in [6.45, 7) is 0. The molecule has 0 atom stereocenters. The van der Waals surface area contributed by atoms with E-state index in [0.29, 0.717) is 5.39 Å². The molecule has 0 N–H and O–H groups in total. The molecular weight excluding hydrogens is 300 g/mol. The summed E-state index contributed by atoms with van der Waals surface area (Å²) >= 11 is 0. The van der Waals surface area contributed by atoms with Gasteiger partial charge in [0.1, 0.15) is 0 Å². The van der Waals surface area contributed by atoms with E-state index in [9.17, 15) is 10.1 Å². The minimum Gasteiger partial charge on any atom is -0.378 e. The maximum Gasteiger partial charge on any atom is 0.277 e. The van der Waals surface area contributed by atoms with Crippen molar-refractivity contribution in [2.24, 2.45) is 0 Å². The van der Waals surface area contributed by atoms with E-state index in [4.69, 9.17) is 0 Å². The first-order valence-corrected chi connectivity index (χ1v) is 7.97. The molecule has 3 aromatic carbocycles. The summed E-state index contributed by atoms with van der Waals surface area (Å²) in [4.78, 5) is 13.0. The van der Waals surface area contributed by atoms with E-state index < -0.39 is 0 Å². The van der Waals surface area contributed by atoms with E-state index in [-0.39, 0.29) is 10.6 Å². The molecule has 0 saturated heterocycles. The van der Waals surface area contributed by atoms with Crippen molar-refractivity contribution in [3.05, 3.63) is 81.9 Å². The van der Waals surface area contributed by atoms with Gasteiger partial charge in [0.25, 0.3) is 5.69 Å². The average Bonchev–Trinajstić information content (AvgIpc) is 2.59. The first-order valence-electron chi connectivity index (χ1n) is 7.97. The molecule has 3 aromatic rings. The third-order valence-electron chi connectivity index (χ3n) is 4.32. The van der Waals surface area contributed by atoms with Gasteiger partial charge in [-0.1, -0.05) is 36.4 Å². The number of non-ortho nitro benzene ring substituents is 1. The Labute approximate surface area is 141 Å². The Bertz CT molecular complexity index is 870. The summed E-state index contributed by atoms with van der Waals surface area (Å²) in [6, 6.07) is 19.6. The topological polar surface area (TPSA) is 46.4 Å². The molecule has 0 aliphatic rings. The van der Waals surface area contributed by atoms with Crippen molar-refractivity contribution in [1.29, 1.82) is 0 Å². The first kappa shape index (κ1) is 16.0. The van der Waals surface area contributed by atoms with Crippen molar-refractivity contribution in [3.8, 4) is 0 Å². The zero-order valence-electron chi connectivity index (χ0n) is 13.9. The number of rotatable bonds is 5. The first-order chi connectivity index (χ1) is 11.6. The zero-order chi connectivity index (χ0) is 17.1. The highest BCUT2D eigenvalue weighted by molar-refractivity contribution is 5.93. The average molecular weight is 320 g/mol. The minimum atomic E-state index is -0.313. The van der Waals surface area contributed by atoms with E-state index in [0.717, 1.165) is 23.8 Å². The summed E-state index contributed by atoms with van der Waals surface area (Å²) in [5.41, 5.74) is 3.76. The molecule has 0 unspecified atom stereocenters. The molecule has 3 rings (SSSR count). The van der Waals surface area contributed by atoms with Gasteiger partial charge in [-0.15, -0.1) is 0 Å². The molecule has 0 radical (unpaired) electrons. The third kappa shape index (κ3) is 3.23. The van der Waals surface area contributed by atoms with Crippen LogP contribution in [0.25, 0.3) is 10.8 Å². The number of hydrogen-bond acceptors (Lipinski definition) is 3. The van der Waals surface area contributed by atoms with Crippen molar-refractivity contribution >= 4 is 22.1 Å². The number of benzene rings is 3. The molecule has 0 saturated carbocycles.